The van der Waals surface area contributed by atoms with Crippen LogP contribution in [0.2, 0.25) is 0 Å². The Labute approximate surface area is 118 Å². The Kier molecular flexibility index (Phi) is 4.42. The highest BCUT2D eigenvalue weighted by Gasteiger charge is 2.05. The predicted octanol–water partition coefficient (Wildman–Crippen LogP) is 2.61. The number of imidazole rings is 1. The van der Waals surface area contributed by atoms with Gasteiger partial charge in [0.25, 0.3) is 0 Å². The zero-order chi connectivity index (χ0) is 14.4. The van der Waals surface area contributed by atoms with Gasteiger partial charge in [0.15, 0.2) is 0 Å². The van der Waals surface area contributed by atoms with Crippen molar-refractivity contribution >= 4 is 22.6 Å². The van der Waals surface area contributed by atoms with E-state index in [4.69, 9.17) is 12.8 Å². The van der Waals surface area contributed by atoms with Gasteiger partial charge in [-0.15, -0.1) is 12.3 Å². The van der Waals surface area contributed by atoms with E-state index in [-0.39, 0.29) is 5.91 Å². The van der Waals surface area contributed by atoms with Crippen LogP contribution < -0.4 is 5.32 Å². The Morgan fingerprint density at radius 3 is 2.95 bits per heavy atom. The smallest absolute Gasteiger partial charge is 0.224 e. The summed E-state index contributed by atoms with van der Waals surface area (Å²) in [6, 6.07) is 7.97. The van der Waals surface area contributed by atoms with Gasteiger partial charge in [0.2, 0.25) is 5.91 Å². The van der Waals surface area contributed by atoms with Crippen LogP contribution >= 0.6 is 0 Å². The van der Waals surface area contributed by atoms with Gasteiger partial charge in [-0.3, -0.25) is 9.36 Å². The molecule has 0 saturated heterocycles. The maximum atomic E-state index is 11.8. The lowest BCUT2D eigenvalue weighted by atomic mass is 10.2. The number of benzene rings is 1. The van der Waals surface area contributed by atoms with Crippen LogP contribution in [0.5, 0.6) is 0 Å². The van der Waals surface area contributed by atoms with Gasteiger partial charge in [-0.2, -0.15) is 0 Å². The molecule has 2 rings (SSSR count). The van der Waals surface area contributed by atoms with Crippen molar-refractivity contribution in [3.8, 4) is 24.8 Å². The first-order valence-corrected chi connectivity index (χ1v) is 6.41. The molecule has 0 aliphatic rings. The number of terminal acetylenes is 2. The lowest BCUT2D eigenvalue weighted by molar-refractivity contribution is -0.116. The third kappa shape index (κ3) is 3.18. The second-order valence-corrected chi connectivity index (χ2v) is 4.41. The summed E-state index contributed by atoms with van der Waals surface area (Å²) in [6.45, 7) is 0. The largest absolute Gasteiger partial charge is 0.326 e. The Bertz CT molecular complexity index is 701. The molecule has 0 unspecified atom stereocenters. The highest BCUT2D eigenvalue weighted by Crippen LogP contribution is 2.18. The minimum atomic E-state index is -0.0202. The Balaban J connectivity index is 2.01. The molecule has 0 atom stereocenters. The number of hydrogen-bond donors (Lipinski definition) is 1. The van der Waals surface area contributed by atoms with Crippen LogP contribution in [0.1, 0.15) is 25.7 Å². The van der Waals surface area contributed by atoms with Crippen LogP contribution in [0.25, 0.3) is 11.0 Å². The van der Waals surface area contributed by atoms with Gasteiger partial charge in [0, 0.05) is 24.6 Å². The van der Waals surface area contributed by atoms with Crippen LogP contribution in [-0.4, -0.2) is 15.5 Å². The second-order valence-electron chi connectivity index (χ2n) is 4.41. The molecule has 1 N–H and O–H groups in total. The molecule has 0 aliphatic carbocycles. The summed E-state index contributed by atoms with van der Waals surface area (Å²) in [6.07, 6.45) is 15.0. The Morgan fingerprint density at radius 2 is 2.20 bits per heavy atom. The molecule has 0 spiro atoms. The van der Waals surface area contributed by atoms with Gasteiger partial charge in [-0.25, -0.2) is 4.98 Å². The number of carbonyl (C=O) groups excluding carboxylic acids is 1. The molecular weight excluding hydrogens is 250 g/mol. The fourth-order valence-electron chi connectivity index (χ4n) is 1.92. The average molecular weight is 265 g/mol. The first-order chi connectivity index (χ1) is 9.74. The van der Waals surface area contributed by atoms with Crippen LogP contribution in [0, 0.1) is 24.8 Å². The molecule has 0 radical (unpaired) electrons. The molecule has 0 bridgehead atoms. The monoisotopic (exact) mass is 265 g/mol. The van der Waals surface area contributed by atoms with Crippen molar-refractivity contribution in [3.05, 3.63) is 24.5 Å². The fraction of sp³-hybridized carbons (Fsp3) is 0.250. The van der Waals surface area contributed by atoms with E-state index in [1.54, 1.807) is 10.9 Å². The standard InChI is InChI=1S/C16H15N3O/c1-3-5-6-7-8-16(20)18-13-9-10-14-15(11-13)19(4-2)12-17-14/h1-2,9-12H,5-8H2,(H,18,20). The number of anilines is 1. The number of fused-ring (bicyclic) bond motifs is 1. The zero-order valence-corrected chi connectivity index (χ0v) is 11.1. The summed E-state index contributed by atoms with van der Waals surface area (Å²) in [4.78, 5) is 15.9. The normalized spacial score (nSPS) is 9.90. The van der Waals surface area contributed by atoms with Gasteiger partial charge < -0.3 is 5.32 Å². The molecule has 1 aromatic heterocycles. The Morgan fingerprint density at radius 1 is 1.35 bits per heavy atom. The van der Waals surface area contributed by atoms with Crippen LogP contribution in [0.4, 0.5) is 5.69 Å². The van der Waals surface area contributed by atoms with E-state index in [1.165, 1.54) is 0 Å². The minimum Gasteiger partial charge on any atom is -0.326 e. The summed E-state index contributed by atoms with van der Waals surface area (Å²) in [5.41, 5.74) is 2.32. The number of nitrogens with zero attached hydrogens (tertiary/aromatic N) is 2. The van der Waals surface area contributed by atoms with Crippen molar-refractivity contribution in [2.24, 2.45) is 0 Å². The van der Waals surface area contributed by atoms with E-state index in [0.717, 1.165) is 29.6 Å². The van der Waals surface area contributed by atoms with Crippen molar-refractivity contribution in [2.45, 2.75) is 25.7 Å². The highest BCUT2D eigenvalue weighted by molar-refractivity contribution is 5.93. The summed E-state index contributed by atoms with van der Waals surface area (Å²) in [7, 11) is 0. The molecular formula is C16H15N3O. The van der Waals surface area contributed by atoms with E-state index in [0.29, 0.717) is 12.8 Å². The Hall–Kier alpha value is -2.72. The number of unbranched alkanes of at least 4 members (excludes halogenated alkanes) is 2. The second kappa shape index (κ2) is 6.45. The van der Waals surface area contributed by atoms with Crippen LogP contribution in [0.3, 0.4) is 0 Å². The van der Waals surface area contributed by atoms with Crippen molar-refractivity contribution in [3.63, 3.8) is 0 Å². The van der Waals surface area contributed by atoms with Crippen LogP contribution in [0.15, 0.2) is 24.5 Å². The van der Waals surface area contributed by atoms with E-state index in [1.807, 2.05) is 18.2 Å². The number of amides is 1. The average Bonchev–Trinajstić information content (AvgIpc) is 2.86. The number of aromatic nitrogens is 2. The molecule has 4 nitrogen and oxygen atoms in total. The van der Waals surface area contributed by atoms with E-state index < -0.39 is 0 Å². The topological polar surface area (TPSA) is 46.9 Å². The third-order valence-electron chi connectivity index (χ3n) is 2.95. The first kappa shape index (κ1) is 13.7. The highest BCUT2D eigenvalue weighted by atomic mass is 16.1. The zero-order valence-electron chi connectivity index (χ0n) is 11.1. The molecule has 1 aromatic carbocycles. The SMILES string of the molecule is C#CCCCCC(=O)Nc1ccc2ncn(C#C)c2c1. The third-order valence-corrected chi connectivity index (χ3v) is 2.95. The molecule has 0 fully saturated rings. The maximum Gasteiger partial charge on any atom is 0.224 e. The van der Waals surface area contributed by atoms with Crippen LogP contribution in [-0.2, 0) is 4.79 Å². The van der Waals surface area contributed by atoms with Gasteiger partial charge >= 0.3 is 0 Å². The summed E-state index contributed by atoms with van der Waals surface area (Å²) in [5, 5.41) is 2.85. The number of nitrogens with one attached hydrogen (secondary N) is 1. The lowest BCUT2D eigenvalue weighted by Crippen LogP contribution is -2.11. The number of hydrogen-bond acceptors (Lipinski definition) is 2. The van der Waals surface area contributed by atoms with E-state index in [2.05, 4.69) is 22.3 Å². The molecule has 1 amide bonds. The summed E-state index contributed by atoms with van der Waals surface area (Å²) >= 11 is 0. The number of carbonyl (C=O) groups is 1. The van der Waals surface area contributed by atoms with Crippen molar-refractivity contribution in [1.82, 2.24) is 9.55 Å². The van der Waals surface area contributed by atoms with Crippen molar-refractivity contribution in [1.29, 1.82) is 0 Å². The van der Waals surface area contributed by atoms with Gasteiger partial charge in [0.05, 0.1) is 11.0 Å². The number of rotatable bonds is 5. The van der Waals surface area contributed by atoms with E-state index >= 15 is 0 Å². The van der Waals surface area contributed by atoms with Gasteiger partial charge in [0.1, 0.15) is 6.33 Å². The van der Waals surface area contributed by atoms with E-state index in [9.17, 15) is 4.79 Å². The summed E-state index contributed by atoms with van der Waals surface area (Å²) in [5.74, 6) is 2.54. The summed E-state index contributed by atoms with van der Waals surface area (Å²) < 4.78 is 1.58. The van der Waals surface area contributed by atoms with Gasteiger partial charge in [-0.1, -0.05) is 6.42 Å². The quantitative estimate of drug-likeness (QED) is 0.667. The molecule has 0 saturated carbocycles. The molecule has 1 heterocycles. The lowest BCUT2D eigenvalue weighted by Gasteiger charge is -2.05. The maximum absolute atomic E-state index is 11.8. The molecule has 2 aromatic rings. The predicted molar refractivity (Wildman–Crippen MR) is 79.9 cm³/mol. The minimum absolute atomic E-state index is 0.0202. The van der Waals surface area contributed by atoms with Gasteiger partial charge in [-0.05, 0) is 31.0 Å². The molecule has 4 heteroatoms. The fourth-order valence-corrected chi connectivity index (χ4v) is 1.92. The van der Waals surface area contributed by atoms with Crippen molar-refractivity contribution < 1.29 is 4.79 Å². The molecule has 20 heavy (non-hydrogen) atoms. The molecule has 0 aliphatic heterocycles. The van der Waals surface area contributed by atoms with Crippen molar-refractivity contribution in [2.75, 3.05) is 5.32 Å². The first-order valence-electron chi connectivity index (χ1n) is 6.41. The molecule has 100 valence electrons.